The molecule has 2 rings (SSSR count). The third kappa shape index (κ3) is 3.68. The molecule has 3 nitrogen and oxygen atoms in total. The van der Waals surface area contributed by atoms with Gasteiger partial charge in [0.1, 0.15) is 0 Å². The smallest absolute Gasteiger partial charge is 0.244 e. The highest BCUT2D eigenvalue weighted by Gasteiger charge is 2.18. The number of hydrogen-bond acceptors (Lipinski definition) is 2. The summed E-state index contributed by atoms with van der Waals surface area (Å²) in [6, 6.07) is 18.3. The summed E-state index contributed by atoms with van der Waals surface area (Å²) in [4.78, 5) is 16.5. The van der Waals surface area contributed by atoms with Gasteiger partial charge < -0.3 is 0 Å². The summed E-state index contributed by atoms with van der Waals surface area (Å²) >= 11 is 0. The lowest BCUT2D eigenvalue weighted by Crippen LogP contribution is -2.24. The number of carbonyl (C=O) groups excluding carboxylic acids is 1. The monoisotopic (exact) mass is 269 g/mol. The second kappa shape index (κ2) is 6.87. The Morgan fingerprint density at radius 2 is 1.80 bits per heavy atom. The minimum absolute atomic E-state index is 0.0336. The fourth-order valence-corrected chi connectivity index (χ4v) is 2.34. The van der Waals surface area contributed by atoms with Crippen LogP contribution in [0.1, 0.15) is 29.0 Å². The van der Waals surface area contributed by atoms with E-state index < -0.39 is 0 Å². The number of benzene rings is 2. The van der Waals surface area contributed by atoms with Crippen molar-refractivity contribution in [3.8, 4) is 0 Å². The van der Waals surface area contributed by atoms with Gasteiger partial charge in [0, 0.05) is 12.3 Å². The van der Waals surface area contributed by atoms with Crippen molar-refractivity contribution in [2.24, 2.45) is 0 Å². The van der Waals surface area contributed by atoms with Crippen LogP contribution in [0.5, 0.6) is 0 Å². The molecular formula is C17H19NO2. The number of aryl methyl sites for hydroxylation is 1. The molecule has 2 aromatic rings. The van der Waals surface area contributed by atoms with Gasteiger partial charge in [-0.2, -0.15) is 0 Å². The molecule has 1 N–H and O–H groups in total. The third-order valence-corrected chi connectivity index (χ3v) is 3.25. The first kappa shape index (κ1) is 14.3. The minimum atomic E-state index is -0.122. The van der Waals surface area contributed by atoms with Crippen LogP contribution in [0.3, 0.4) is 0 Å². The van der Waals surface area contributed by atoms with Crippen LogP contribution in [0.15, 0.2) is 54.6 Å². The average Bonchev–Trinajstić information content (AvgIpc) is 2.46. The number of carbonyl (C=O) groups is 1. The lowest BCUT2D eigenvalue weighted by Gasteiger charge is -2.18. The molecule has 0 aromatic heterocycles. The van der Waals surface area contributed by atoms with Crippen LogP contribution in [0.25, 0.3) is 0 Å². The summed E-state index contributed by atoms with van der Waals surface area (Å²) in [7, 11) is 1.45. The second-order valence-corrected chi connectivity index (χ2v) is 4.81. The van der Waals surface area contributed by atoms with Crippen LogP contribution in [-0.2, 0) is 9.63 Å². The maximum absolute atomic E-state index is 11.8. The van der Waals surface area contributed by atoms with Gasteiger partial charge in [0.15, 0.2) is 0 Å². The van der Waals surface area contributed by atoms with Crippen molar-refractivity contribution in [3.63, 3.8) is 0 Å². The molecule has 3 heteroatoms. The lowest BCUT2D eigenvalue weighted by molar-refractivity contribution is -0.131. The molecule has 0 radical (unpaired) electrons. The topological polar surface area (TPSA) is 38.3 Å². The van der Waals surface area contributed by atoms with Crippen LogP contribution in [0.4, 0.5) is 0 Å². The number of rotatable bonds is 5. The first-order valence-electron chi connectivity index (χ1n) is 6.64. The molecule has 0 spiro atoms. The zero-order chi connectivity index (χ0) is 14.4. The van der Waals surface area contributed by atoms with E-state index in [-0.39, 0.29) is 11.8 Å². The van der Waals surface area contributed by atoms with E-state index in [1.54, 1.807) is 0 Å². The van der Waals surface area contributed by atoms with Gasteiger partial charge in [0.2, 0.25) is 5.91 Å². The number of amides is 1. The molecule has 0 aliphatic carbocycles. The minimum Gasteiger partial charge on any atom is -0.277 e. The molecule has 0 saturated carbocycles. The number of hydroxylamine groups is 1. The predicted molar refractivity (Wildman–Crippen MR) is 79.2 cm³/mol. The molecule has 104 valence electrons. The molecular weight excluding hydrogens is 250 g/mol. The molecule has 2 aromatic carbocycles. The Hall–Kier alpha value is -2.13. The Bertz CT molecular complexity index is 566. The SMILES string of the molecule is CONC(=O)CC(c1ccccc1)c1cccc(C)c1. The Morgan fingerprint density at radius 3 is 2.45 bits per heavy atom. The van der Waals surface area contributed by atoms with E-state index in [1.807, 2.05) is 36.4 Å². The molecule has 0 saturated heterocycles. The Morgan fingerprint density at radius 1 is 1.10 bits per heavy atom. The van der Waals surface area contributed by atoms with Crippen LogP contribution in [0, 0.1) is 6.92 Å². The molecule has 1 amide bonds. The van der Waals surface area contributed by atoms with Gasteiger partial charge in [-0.3, -0.25) is 9.63 Å². The van der Waals surface area contributed by atoms with Crippen LogP contribution in [0.2, 0.25) is 0 Å². The zero-order valence-electron chi connectivity index (χ0n) is 11.8. The first-order chi connectivity index (χ1) is 9.70. The van der Waals surface area contributed by atoms with Crippen molar-refractivity contribution in [2.75, 3.05) is 7.11 Å². The summed E-state index contributed by atoms with van der Waals surface area (Å²) < 4.78 is 0. The van der Waals surface area contributed by atoms with E-state index >= 15 is 0 Å². The Kier molecular flexibility index (Phi) is 4.91. The average molecular weight is 269 g/mol. The van der Waals surface area contributed by atoms with Gasteiger partial charge in [-0.15, -0.1) is 0 Å². The van der Waals surface area contributed by atoms with E-state index in [1.165, 1.54) is 12.7 Å². The van der Waals surface area contributed by atoms with Gasteiger partial charge >= 0.3 is 0 Å². The normalized spacial score (nSPS) is 11.9. The van der Waals surface area contributed by atoms with Gasteiger partial charge in [-0.05, 0) is 18.1 Å². The summed E-state index contributed by atoms with van der Waals surface area (Å²) in [5.74, 6) is -0.0888. The maximum Gasteiger partial charge on any atom is 0.244 e. The molecule has 20 heavy (non-hydrogen) atoms. The van der Waals surface area contributed by atoms with Crippen LogP contribution < -0.4 is 5.48 Å². The van der Waals surface area contributed by atoms with Crippen molar-refractivity contribution in [2.45, 2.75) is 19.3 Å². The van der Waals surface area contributed by atoms with E-state index in [2.05, 4.69) is 30.6 Å². The summed E-state index contributed by atoms with van der Waals surface area (Å²) in [6.07, 6.45) is 0.362. The van der Waals surface area contributed by atoms with Gasteiger partial charge in [0.25, 0.3) is 0 Å². The van der Waals surface area contributed by atoms with Crippen molar-refractivity contribution in [3.05, 3.63) is 71.3 Å². The molecule has 0 heterocycles. The third-order valence-electron chi connectivity index (χ3n) is 3.25. The van der Waals surface area contributed by atoms with E-state index in [4.69, 9.17) is 4.84 Å². The molecule has 0 aliphatic heterocycles. The van der Waals surface area contributed by atoms with Crippen molar-refractivity contribution in [1.82, 2.24) is 5.48 Å². The van der Waals surface area contributed by atoms with Crippen LogP contribution in [-0.4, -0.2) is 13.0 Å². The van der Waals surface area contributed by atoms with Crippen molar-refractivity contribution in [1.29, 1.82) is 0 Å². The summed E-state index contributed by atoms with van der Waals surface area (Å²) in [6.45, 7) is 2.06. The highest BCUT2D eigenvalue weighted by molar-refractivity contribution is 5.76. The zero-order valence-corrected chi connectivity index (χ0v) is 11.8. The highest BCUT2D eigenvalue weighted by atomic mass is 16.6. The highest BCUT2D eigenvalue weighted by Crippen LogP contribution is 2.28. The largest absolute Gasteiger partial charge is 0.277 e. The van der Waals surface area contributed by atoms with E-state index in [9.17, 15) is 4.79 Å². The van der Waals surface area contributed by atoms with Gasteiger partial charge in [0.05, 0.1) is 7.11 Å². The van der Waals surface area contributed by atoms with E-state index in [0.29, 0.717) is 6.42 Å². The lowest BCUT2D eigenvalue weighted by atomic mass is 9.87. The van der Waals surface area contributed by atoms with Crippen LogP contribution >= 0.6 is 0 Å². The van der Waals surface area contributed by atoms with Crippen molar-refractivity contribution < 1.29 is 9.63 Å². The fourth-order valence-electron chi connectivity index (χ4n) is 2.34. The molecule has 1 unspecified atom stereocenters. The van der Waals surface area contributed by atoms with Crippen molar-refractivity contribution >= 4 is 5.91 Å². The standard InChI is InChI=1S/C17H19NO2/c1-13-7-6-10-15(11-13)16(12-17(19)18-20-2)14-8-4-3-5-9-14/h3-11,16H,12H2,1-2H3,(H,18,19). The van der Waals surface area contributed by atoms with Gasteiger partial charge in [-0.25, -0.2) is 5.48 Å². The Balaban J connectivity index is 2.31. The number of hydrogen-bond donors (Lipinski definition) is 1. The number of nitrogens with one attached hydrogen (secondary N) is 1. The van der Waals surface area contributed by atoms with Gasteiger partial charge in [-0.1, -0.05) is 60.2 Å². The van der Waals surface area contributed by atoms with E-state index in [0.717, 1.165) is 11.1 Å². The summed E-state index contributed by atoms with van der Waals surface area (Å²) in [5.41, 5.74) is 5.85. The first-order valence-corrected chi connectivity index (χ1v) is 6.64. The fraction of sp³-hybridized carbons (Fsp3) is 0.235. The molecule has 0 bridgehead atoms. The molecule has 0 aliphatic rings. The Labute approximate surface area is 119 Å². The molecule has 0 fully saturated rings. The predicted octanol–water partition coefficient (Wildman–Crippen LogP) is 3.19. The second-order valence-electron chi connectivity index (χ2n) is 4.81. The maximum atomic E-state index is 11.8. The molecule has 1 atom stereocenters. The summed E-state index contributed by atoms with van der Waals surface area (Å²) in [5, 5.41) is 0. The quantitative estimate of drug-likeness (QED) is 0.847.